The summed E-state index contributed by atoms with van der Waals surface area (Å²) in [6, 6.07) is 0. The largest absolute Gasteiger partial charge is 2.00 e. The Bertz CT molecular complexity index is 544. The summed E-state index contributed by atoms with van der Waals surface area (Å²) in [5.74, 6) is 0. The fraction of sp³-hybridized carbons (Fsp3) is 0.636. The molecule has 0 unspecified atom stereocenters. The molecule has 0 bridgehead atoms. The molecule has 0 heterocycles. The summed E-state index contributed by atoms with van der Waals surface area (Å²) in [5.41, 5.74) is 6.54. The molecule has 0 spiro atoms. The number of rotatable bonds is 2. The molecule has 3 aliphatic carbocycles. The van der Waals surface area contributed by atoms with Gasteiger partial charge in [0.25, 0.3) is 0 Å². The van der Waals surface area contributed by atoms with E-state index in [-0.39, 0.29) is 56.4 Å². The van der Waals surface area contributed by atoms with Gasteiger partial charge in [0.15, 0.2) is 0 Å². The minimum atomic E-state index is 0. The summed E-state index contributed by atoms with van der Waals surface area (Å²) < 4.78 is 0. The normalized spacial score (nSPS) is 22.0. The van der Waals surface area contributed by atoms with Crippen LogP contribution in [0.5, 0.6) is 0 Å². The van der Waals surface area contributed by atoms with E-state index in [1.165, 1.54) is 48.8 Å². The van der Waals surface area contributed by atoms with Gasteiger partial charge in [0.05, 0.1) is 0 Å². The third kappa shape index (κ3) is 6.22. The Labute approximate surface area is 187 Å². The van der Waals surface area contributed by atoms with Crippen molar-refractivity contribution in [1.29, 1.82) is 0 Å². The first-order chi connectivity index (χ1) is 10.3. The van der Waals surface area contributed by atoms with Crippen LogP contribution < -0.4 is 0 Å². The first-order valence-electron chi connectivity index (χ1n) is 8.90. The maximum absolute atomic E-state index is 3.44. The molecule has 3 aliphatic rings. The quantitative estimate of drug-likeness (QED) is 0.372. The molecule has 140 valence electrons. The van der Waals surface area contributed by atoms with Gasteiger partial charge in [-0.05, 0) is 0 Å². The summed E-state index contributed by atoms with van der Waals surface area (Å²) in [6.07, 6.45) is 19.4. The van der Waals surface area contributed by atoms with Gasteiger partial charge in [0.1, 0.15) is 0 Å². The minimum absolute atomic E-state index is 0. The molecule has 0 nitrogen and oxygen atoms in total. The fourth-order valence-corrected chi connectivity index (χ4v) is 4.07. The van der Waals surface area contributed by atoms with Crippen LogP contribution in [0.1, 0.15) is 80.1 Å². The molecule has 0 atom stereocenters. The van der Waals surface area contributed by atoms with Crippen molar-refractivity contribution in [2.24, 2.45) is 10.8 Å². The standard InChI is InChI=1S/C12H17.C10H15.2ClH.Zr/c1-2-12(9-5-6-10-12)11-7-3-4-8-11;1-7-6-10(4,5)9(3)8(7)2;;;/h7-8H,2-3,5-6,9-10H2,1H3;1-5H3;2*1H;/q2*-1;;;+2. The van der Waals surface area contributed by atoms with Crippen LogP contribution in [0.4, 0.5) is 0 Å². The molecule has 0 N–H and O–H groups in total. The van der Waals surface area contributed by atoms with E-state index in [0.717, 1.165) is 6.42 Å². The van der Waals surface area contributed by atoms with Crippen molar-refractivity contribution in [1.82, 2.24) is 0 Å². The number of hydrogen-bond donors (Lipinski definition) is 0. The zero-order valence-electron chi connectivity index (χ0n) is 16.7. The van der Waals surface area contributed by atoms with Crippen molar-refractivity contribution in [3.05, 3.63) is 46.6 Å². The van der Waals surface area contributed by atoms with E-state index >= 15 is 0 Å². The second kappa shape index (κ2) is 11.3. The van der Waals surface area contributed by atoms with Crippen LogP contribution in [0.25, 0.3) is 0 Å². The van der Waals surface area contributed by atoms with Crippen LogP contribution in [0.2, 0.25) is 0 Å². The third-order valence-electron chi connectivity index (χ3n) is 6.11. The molecule has 25 heavy (non-hydrogen) atoms. The third-order valence-corrected chi connectivity index (χ3v) is 6.11. The van der Waals surface area contributed by atoms with Crippen molar-refractivity contribution in [2.75, 3.05) is 0 Å². The van der Waals surface area contributed by atoms with Crippen molar-refractivity contribution in [3.8, 4) is 0 Å². The Hall–Kier alpha value is 0.423. The maximum Gasteiger partial charge on any atom is 2.00 e. The van der Waals surface area contributed by atoms with Gasteiger partial charge in [-0.2, -0.15) is 22.8 Å². The summed E-state index contributed by atoms with van der Waals surface area (Å²) in [5, 5.41) is 0. The van der Waals surface area contributed by atoms with Crippen LogP contribution >= 0.6 is 24.8 Å². The Kier molecular flexibility index (Phi) is 12.5. The fourth-order valence-electron chi connectivity index (χ4n) is 4.07. The molecule has 3 heteroatoms. The van der Waals surface area contributed by atoms with E-state index in [9.17, 15) is 0 Å². The number of halogens is 2. The Balaban J connectivity index is 0. The molecule has 0 aromatic heterocycles. The van der Waals surface area contributed by atoms with E-state index in [2.05, 4.69) is 65.8 Å². The summed E-state index contributed by atoms with van der Waals surface area (Å²) >= 11 is 0. The average Bonchev–Trinajstić information content (AvgIpc) is 3.19. The molecule has 0 aromatic carbocycles. The molecule has 0 saturated heterocycles. The van der Waals surface area contributed by atoms with Crippen LogP contribution in [0.3, 0.4) is 0 Å². The molecule has 0 aromatic rings. The van der Waals surface area contributed by atoms with Crippen LogP contribution in [-0.4, -0.2) is 0 Å². The second-order valence-corrected chi connectivity index (χ2v) is 7.68. The molecule has 0 aliphatic heterocycles. The molecule has 0 amide bonds. The number of hydrogen-bond acceptors (Lipinski definition) is 0. The van der Waals surface area contributed by atoms with E-state index in [1.54, 1.807) is 5.57 Å². The van der Waals surface area contributed by atoms with Crippen LogP contribution in [0.15, 0.2) is 34.4 Å². The average molecular weight is 461 g/mol. The first-order valence-corrected chi connectivity index (χ1v) is 8.90. The van der Waals surface area contributed by atoms with Gasteiger partial charge in [0.2, 0.25) is 0 Å². The van der Waals surface area contributed by atoms with Crippen molar-refractivity contribution in [2.45, 2.75) is 80.1 Å². The van der Waals surface area contributed by atoms with Gasteiger partial charge in [-0.25, -0.2) is 11.6 Å². The minimum Gasteiger partial charge on any atom is -0.273 e. The predicted molar refractivity (Wildman–Crippen MR) is 111 cm³/mol. The van der Waals surface area contributed by atoms with Gasteiger partial charge in [0, 0.05) is 0 Å². The zero-order valence-corrected chi connectivity index (χ0v) is 20.8. The smallest absolute Gasteiger partial charge is 0.273 e. The van der Waals surface area contributed by atoms with E-state index in [1.807, 2.05) is 0 Å². The van der Waals surface area contributed by atoms with Gasteiger partial charge >= 0.3 is 26.2 Å². The van der Waals surface area contributed by atoms with Crippen LogP contribution in [-0.2, 0) is 26.2 Å². The molecule has 3 rings (SSSR count). The monoisotopic (exact) mass is 458 g/mol. The molecule has 1 fully saturated rings. The SMILES string of the molecule is CC1=[C-]C(C)(C)C(C)=C1C.CCC1(C2=CC[C-]=C2)CCCC1.Cl.Cl.[Zr+2]. The van der Waals surface area contributed by atoms with E-state index in [4.69, 9.17) is 0 Å². The summed E-state index contributed by atoms with van der Waals surface area (Å²) in [7, 11) is 0. The van der Waals surface area contributed by atoms with Crippen molar-refractivity contribution < 1.29 is 26.2 Å². The summed E-state index contributed by atoms with van der Waals surface area (Å²) in [6.45, 7) is 13.3. The van der Waals surface area contributed by atoms with Gasteiger partial charge < -0.3 is 0 Å². The maximum atomic E-state index is 3.44. The van der Waals surface area contributed by atoms with Crippen molar-refractivity contribution >= 4 is 24.8 Å². The molecular weight excluding hydrogens is 426 g/mol. The summed E-state index contributed by atoms with van der Waals surface area (Å²) in [4.78, 5) is 0. The topological polar surface area (TPSA) is 0 Å². The van der Waals surface area contributed by atoms with Crippen molar-refractivity contribution in [3.63, 3.8) is 0 Å². The van der Waals surface area contributed by atoms with Crippen LogP contribution in [0, 0.1) is 23.0 Å². The molecule has 0 radical (unpaired) electrons. The zero-order chi connectivity index (χ0) is 16.4. The Morgan fingerprint density at radius 3 is 1.88 bits per heavy atom. The Morgan fingerprint density at radius 1 is 1.04 bits per heavy atom. The van der Waals surface area contributed by atoms with Gasteiger partial charge in [-0.3, -0.25) is 12.2 Å². The van der Waals surface area contributed by atoms with E-state index < -0.39 is 0 Å². The molecule has 1 saturated carbocycles. The predicted octanol–water partition coefficient (Wildman–Crippen LogP) is 7.60. The van der Waals surface area contributed by atoms with Gasteiger partial charge in [-0.15, -0.1) is 38.2 Å². The molecular formula is C22H34Cl2Zr. The van der Waals surface area contributed by atoms with E-state index in [0.29, 0.717) is 5.41 Å². The number of allylic oxidation sites excluding steroid dienone is 8. The van der Waals surface area contributed by atoms with Gasteiger partial charge in [-0.1, -0.05) is 77.6 Å². The Morgan fingerprint density at radius 2 is 1.60 bits per heavy atom. The second-order valence-electron chi connectivity index (χ2n) is 7.68. The first kappa shape index (κ1) is 27.6.